The number of nitrogens with zero attached hydrogens (tertiary/aromatic N) is 6. The summed E-state index contributed by atoms with van der Waals surface area (Å²) in [7, 11) is 0. The second kappa shape index (κ2) is 10.1. The van der Waals surface area contributed by atoms with E-state index in [1.54, 1.807) is 35.2 Å². The second-order valence-corrected chi connectivity index (χ2v) is 9.16. The number of fused-ring (bicyclic) bond motifs is 1. The quantitative estimate of drug-likeness (QED) is 0.360. The van der Waals surface area contributed by atoms with Crippen LogP contribution in [0.4, 0.5) is 16.2 Å². The van der Waals surface area contributed by atoms with Gasteiger partial charge < -0.3 is 20.9 Å². The van der Waals surface area contributed by atoms with E-state index in [9.17, 15) is 14.4 Å². The van der Waals surface area contributed by atoms with Crippen molar-refractivity contribution in [1.29, 1.82) is 0 Å². The van der Waals surface area contributed by atoms with Crippen molar-refractivity contribution in [3.63, 3.8) is 0 Å². The molecule has 2 aromatic heterocycles. The maximum absolute atomic E-state index is 14.0. The molecule has 1 aliphatic heterocycles. The number of urea groups is 1. The van der Waals surface area contributed by atoms with Gasteiger partial charge in [0.25, 0.3) is 5.91 Å². The Morgan fingerprint density at radius 2 is 1.89 bits per heavy atom. The van der Waals surface area contributed by atoms with Gasteiger partial charge >= 0.3 is 6.03 Å². The molecule has 0 radical (unpaired) electrons. The van der Waals surface area contributed by atoms with Gasteiger partial charge in [0.2, 0.25) is 17.5 Å². The van der Waals surface area contributed by atoms with Crippen molar-refractivity contribution in [3.8, 4) is 11.4 Å². The molecule has 0 unspecified atom stereocenters. The first-order chi connectivity index (χ1) is 18.3. The zero-order valence-corrected chi connectivity index (χ0v) is 20.7. The first kappa shape index (κ1) is 24.6. The number of H-pyrrole nitrogens is 1. The lowest BCUT2D eigenvalue weighted by Crippen LogP contribution is -2.39. The summed E-state index contributed by atoms with van der Waals surface area (Å²) in [5, 5.41) is 15.3. The van der Waals surface area contributed by atoms with E-state index in [1.165, 1.54) is 12.3 Å². The third kappa shape index (κ3) is 4.91. The van der Waals surface area contributed by atoms with E-state index in [2.05, 4.69) is 25.7 Å². The Morgan fingerprint density at radius 3 is 2.66 bits per heavy atom. The lowest BCUT2D eigenvalue weighted by atomic mass is 10.0. The van der Waals surface area contributed by atoms with E-state index in [4.69, 9.17) is 10.7 Å². The van der Waals surface area contributed by atoms with Gasteiger partial charge in [-0.2, -0.15) is 0 Å². The summed E-state index contributed by atoms with van der Waals surface area (Å²) in [6.45, 7) is 4.48. The smallest absolute Gasteiger partial charge is 0.316 e. The summed E-state index contributed by atoms with van der Waals surface area (Å²) < 4.78 is 0. The van der Waals surface area contributed by atoms with Crippen molar-refractivity contribution >= 4 is 29.0 Å². The fourth-order valence-electron chi connectivity index (χ4n) is 4.26. The highest BCUT2D eigenvalue weighted by molar-refractivity contribution is 6.19. The molecule has 3 amide bonds. The Morgan fingerprint density at radius 1 is 1.08 bits per heavy atom. The van der Waals surface area contributed by atoms with Gasteiger partial charge in [0.1, 0.15) is 0 Å². The predicted molar refractivity (Wildman–Crippen MR) is 142 cm³/mol. The highest BCUT2D eigenvalue weighted by Gasteiger charge is 2.35. The summed E-state index contributed by atoms with van der Waals surface area (Å²) in [5.41, 5.74) is 8.35. The van der Waals surface area contributed by atoms with Crippen LogP contribution in [0.2, 0.25) is 0 Å². The number of rotatable bonds is 6. The predicted octanol–water partition coefficient (Wildman–Crippen LogP) is 2.56. The van der Waals surface area contributed by atoms with Crippen molar-refractivity contribution in [2.24, 2.45) is 16.6 Å². The summed E-state index contributed by atoms with van der Waals surface area (Å²) >= 11 is 0. The number of tetrazole rings is 1. The maximum atomic E-state index is 14.0. The minimum atomic E-state index is -1.18. The van der Waals surface area contributed by atoms with E-state index in [-0.39, 0.29) is 23.2 Å². The second-order valence-electron chi connectivity index (χ2n) is 9.16. The van der Waals surface area contributed by atoms with Gasteiger partial charge in [-0.15, -0.1) is 15.0 Å². The van der Waals surface area contributed by atoms with Crippen LogP contribution < -0.4 is 21.5 Å². The number of aromatic amines is 1. The van der Waals surface area contributed by atoms with E-state index in [1.807, 2.05) is 38.1 Å². The van der Waals surface area contributed by atoms with Gasteiger partial charge in [-0.05, 0) is 35.4 Å². The number of benzene rings is 2. The number of para-hydroxylation sites is 1. The summed E-state index contributed by atoms with van der Waals surface area (Å²) in [6, 6.07) is 16.7. The molecular formula is C26H25N9O3. The van der Waals surface area contributed by atoms with Crippen LogP contribution in [0.5, 0.6) is 0 Å². The summed E-state index contributed by atoms with van der Waals surface area (Å²) in [4.78, 5) is 47.6. The van der Waals surface area contributed by atoms with Crippen molar-refractivity contribution in [2.45, 2.75) is 20.0 Å². The van der Waals surface area contributed by atoms with Gasteiger partial charge in [0, 0.05) is 41.2 Å². The standard InChI is InChI=1S/C26H25N9O3/c1-15(2)14-34-20-9-4-3-8-19(20)22(16-10-11-28-21(36)13-16)30-24(25(34)37)35-32-23(31-33-35)17-6-5-7-18(12-17)29-26(27)38/h3-13,15,24H,14H2,1-2H3,(H,28,36)(H3,27,29,38)/t24-/m1/s1. The number of nitrogens with two attached hydrogens (primary N) is 1. The number of anilines is 2. The number of hydrogen-bond donors (Lipinski definition) is 3. The van der Waals surface area contributed by atoms with Crippen LogP contribution in [0.1, 0.15) is 31.1 Å². The normalized spacial score (nSPS) is 15.1. The molecule has 5 rings (SSSR count). The third-order valence-electron chi connectivity index (χ3n) is 5.82. The van der Waals surface area contributed by atoms with Gasteiger partial charge in [-0.3, -0.25) is 9.59 Å². The number of hydrogen-bond acceptors (Lipinski definition) is 7. The average Bonchev–Trinajstić information content (AvgIpc) is 3.33. The minimum Gasteiger partial charge on any atom is -0.351 e. The Kier molecular flexibility index (Phi) is 6.52. The van der Waals surface area contributed by atoms with Crippen LogP contribution in [0.3, 0.4) is 0 Å². The molecule has 3 heterocycles. The van der Waals surface area contributed by atoms with Crippen LogP contribution in [0.25, 0.3) is 11.4 Å². The van der Waals surface area contributed by atoms with Crippen molar-refractivity contribution in [3.05, 3.63) is 88.3 Å². The van der Waals surface area contributed by atoms with Gasteiger partial charge in [-0.25, -0.2) is 9.79 Å². The largest absolute Gasteiger partial charge is 0.351 e. The van der Waals surface area contributed by atoms with Crippen LogP contribution in [0.15, 0.2) is 76.6 Å². The first-order valence-electron chi connectivity index (χ1n) is 11.9. The van der Waals surface area contributed by atoms with Gasteiger partial charge in [-0.1, -0.05) is 44.2 Å². The molecule has 0 saturated heterocycles. The molecule has 0 bridgehead atoms. The fraction of sp³-hybridized carbons (Fsp3) is 0.192. The molecular weight excluding hydrogens is 486 g/mol. The number of primary amides is 1. The fourth-order valence-corrected chi connectivity index (χ4v) is 4.26. The Labute approximate surface area is 217 Å². The third-order valence-corrected chi connectivity index (χ3v) is 5.82. The maximum Gasteiger partial charge on any atom is 0.316 e. The number of aliphatic imine (C=N–C) groups is 1. The SMILES string of the molecule is CC(C)CN1C(=O)[C@@H](n2nnc(-c3cccc(NC(N)=O)c3)n2)N=C(c2cc[nH]c(=O)c2)c2ccccc21. The molecule has 38 heavy (non-hydrogen) atoms. The van der Waals surface area contributed by atoms with E-state index in [0.29, 0.717) is 40.3 Å². The van der Waals surface area contributed by atoms with E-state index >= 15 is 0 Å². The molecule has 2 aromatic carbocycles. The zero-order chi connectivity index (χ0) is 26.8. The van der Waals surface area contributed by atoms with Crippen LogP contribution in [-0.4, -0.2) is 49.4 Å². The Balaban J connectivity index is 1.64. The molecule has 0 saturated carbocycles. The van der Waals surface area contributed by atoms with Crippen molar-refractivity contribution in [2.75, 3.05) is 16.8 Å². The molecule has 12 heteroatoms. The molecule has 1 atom stereocenters. The molecule has 0 aliphatic carbocycles. The Bertz CT molecular complexity index is 1610. The van der Waals surface area contributed by atoms with Crippen LogP contribution in [0, 0.1) is 5.92 Å². The number of pyridine rings is 1. The molecule has 1 aliphatic rings. The number of amides is 3. The highest BCUT2D eigenvalue weighted by Crippen LogP contribution is 2.32. The number of nitrogens with one attached hydrogen (secondary N) is 2. The van der Waals surface area contributed by atoms with Crippen molar-refractivity contribution < 1.29 is 9.59 Å². The molecule has 0 fully saturated rings. The topological polar surface area (TPSA) is 164 Å². The lowest BCUT2D eigenvalue weighted by molar-refractivity contribution is -0.122. The Hall–Kier alpha value is -5.13. The molecule has 4 N–H and O–H groups in total. The van der Waals surface area contributed by atoms with Crippen LogP contribution >= 0.6 is 0 Å². The zero-order valence-electron chi connectivity index (χ0n) is 20.7. The van der Waals surface area contributed by atoms with E-state index < -0.39 is 12.2 Å². The first-order valence-corrected chi connectivity index (χ1v) is 11.9. The lowest BCUT2D eigenvalue weighted by Gasteiger charge is -2.26. The number of carbonyl (C=O) groups is 2. The summed E-state index contributed by atoms with van der Waals surface area (Å²) in [5.74, 6) is 0.0589. The summed E-state index contributed by atoms with van der Waals surface area (Å²) in [6.07, 6.45) is 0.360. The monoisotopic (exact) mass is 511 g/mol. The van der Waals surface area contributed by atoms with Gasteiger partial charge in [0.05, 0.1) is 11.4 Å². The number of aromatic nitrogens is 5. The molecule has 192 valence electrons. The number of benzodiazepines with no additional fused rings is 1. The minimum absolute atomic E-state index is 0.161. The number of carbonyl (C=O) groups excluding carboxylic acids is 2. The van der Waals surface area contributed by atoms with E-state index in [0.717, 1.165) is 4.80 Å². The van der Waals surface area contributed by atoms with Crippen molar-refractivity contribution in [1.82, 2.24) is 25.2 Å². The van der Waals surface area contributed by atoms with Gasteiger partial charge in [0.15, 0.2) is 0 Å². The van der Waals surface area contributed by atoms with Crippen LogP contribution in [-0.2, 0) is 4.79 Å². The molecule has 0 spiro atoms. The molecule has 12 nitrogen and oxygen atoms in total. The molecule has 4 aromatic rings. The highest BCUT2D eigenvalue weighted by atomic mass is 16.2. The average molecular weight is 512 g/mol.